The number of ether oxygens (including phenoxy) is 2. The lowest BCUT2D eigenvalue weighted by Gasteiger charge is -2.34. The van der Waals surface area contributed by atoms with Gasteiger partial charge in [0.2, 0.25) is 17.7 Å². The molecule has 1 aliphatic carbocycles. The lowest BCUT2D eigenvalue weighted by atomic mass is 10.0. The number of hydrogen-bond donors (Lipinski definition) is 2. The van der Waals surface area contributed by atoms with E-state index in [1.807, 2.05) is 76.2 Å². The zero-order valence-electron chi connectivity index (χ0n) is 26.5. The van der Waals surface area contributed by atoms with Crippen LogP contribution in [0.5, 0.6) is 11.6 Å². The monoisotopic (exact) mass is 608 g/mol. The molecule has 0 bridgehead atoms. The smallest absolute Gasteiger partial charge is 0.410 e. The van der Waals surface area contributed by atoms with E-state index in [-0.39, 0.29) is 24.0 Å². The van der Waals surface area contributed by atoms with Crippen LogP contribution in [0.4, 0.5) is 16.4 Å². The van der Waals surface area contributed by atoms with Crippen LogP contribution < -0.4 is 15.4 Å². The maximum Gasteiger partial charge on any atom is 0.410 e. The number of benzene rings is 2. The zero-order valence-corrected chi connectivity index (χ0v) is 26.5. The van der Waals surface area contributed by atoms with E-state index >= 15 is 0 Å². The Bertz CT molecular complexity index is 1740. The standard InChI is InChI=1S/C35H40N6O4/c1-21-13-14-24-25(10-6-12-28(24)39-31(42)27-19-22(27)2)30(21)44-32-26(11-7-16-36-32)29-15-17-37-33(40-29)38-23-9-8-18-41(20-23)34(43)45-35(3,4)5/h6-7,10-17,22-23,27H,8-9,18-20H2,1-5H3,(H,39,42)(H,37,38,40)/t22?,23-,27?/m0/s1. The second-order valence-electron chi connectivity index (χ2n) is 13.1. The number of aromatic nitrogens is 3. The summed E-state index contributed by atoms with van der Waals surface area (Å²) in [5.41, 5.74) is 2.53. The molecule has 10 heteroatoms. The van der Waals surface area contributed by atoms with Crippen molar-refractivity contribution < 1.29 is 19.1 Å². The molecule has 2 aromatic carbocycles. The summed E-state index contributed by atoms with van der Waals surface area (Å²) in [6.07, 6.45) is 5.75. The quantitative estimate of drug-likeness (QED) is 0.226. The van der Waals surface area contributed by atoms with Crippen molar-refractivity contribution in [2.24, 2.45) is 11.8 Å². The van der Waals surface area contributed by atoms with Crippen molar-refractivity contribution in [3.63, 3.8) is 0 Å². The fourth-order valence-corrected chi connectivity index (χ4v) is 5.71. The van der Waals surface area contributed by atoms with Crippen LogP contribution in [0.1, 0.15) is 52.5 Å². The number of pyridine rings is 1. The van der Waals surface area contributed by atoms with Gasteiger partial charge in [-0.2, -0.15) is 0 Å². The molecule has 2 amide bonds. The van der Waals surface area contributed by atoms with Crippen molar-refractivity contribution in [2.45, 2.75) is 65.5 Å². The van der Waals surface area contributed by atoms with E-state index in [1.54, 1.807) is 17.3 Å². The van der Waals surface area contributed by atoms with E-state index in [1.165, 1.54) is 0 Å². The fraction of sp³-hybridized carbons (Fsp3) is 0.400. The first-order valence-electron chi connectivity index (χ1n) is 15.6. The third-order valence-electron chi connectivity index (χ3n) is 8.22. The summed E-state index contributed by atoms with van der Waals surface area (Å²) >= 11 is 0. The van der Waals surface area contributed by atoms with E-state index < -0.39 is 5.60 Å². The van der Waals surface area contributed by atoms with Crippen LogP contribution in [0, 0.1) is 18.8 Å². The van der Waals surface area contributed by atoms with Gasteiger partial charge in [0.1, 0.15) is 11.4 Å². The highest BCUT2D eigenvalue weighted by Crippen LogP contribution is 2.41. The van der Waals surface area contributed by atoms with Crippen LogP contribution in [-0.2, 0) is 9.53 Å². The zero-order chi connectivity index (χ0) is 31.7. The molecule has 234 valence electrons. The Labute approximate surface area is 263 Å². The topological polar surface area (TPSA) is 119 Å². The van der Waals surface area contributed by atoms with Crippen LogP contribution >= 0.6 is 0 Å². The Morgan fingerprint density at radius 1 is 1.00 bits per heavy atom. The van der Waals surface area contributed by atoms with Crippen LogP contribution in [-0.4, -0.2) is 56.6 Å². The van der Waals surface area contributed by atoms with Gasteiger partial charge < -0.3 is 25.0 Å². The molecule has 2 aliphatic rings. The molecule has 3 atom stereocenters. The van der Waals surface area contributed by atoms with Crippen molar-refractivity contribution in [1.29, 1.82) is 0 Å². The molecule has 4 aromatic rings. The third kappa shape index (κ3) is 7.00. The maximum atomic E-state index is 12.7. The summed E-state index contributed by atoms with van der Waals surface area (Å²) in [7, 11) is 0. The van der Waals surface area contributed by atoms with Crippen molar-refractivity contribution in [1.82, 2.24) is 19.9 Å². The number of hydrogen-bond acceptors (Lipinski definition) is 8. The van der Waals surface area contributed by atoms with Crippen molar-refractivity contribution in [2.75, 3.05) is 23.7 Å². The van der Waals surface area contributed by atoms with Crippen molar-refractivity contribution >= 4 is 34.4 Å². The average molecular weight is 609 g/mol. The van der Waals surface area contributed by atoms with Crippen molar-refractivity contribution in [3.8, 4) is 22.9 Å². The molecule has 45 heavy (non-hydrogen) atoms. The summed E-state index contributed by atoms with van der Waals surface area (Å²) in [5.74, 6) is 2.10. The lowest BCUT2D eigenvalue weighted by molar-refractivity contribution is -0.117. The summed E-state index contributed by atoms with van der Waals surface area (Å²) < 4.78 is 12.1. The van der Waals surface area contributed by atoms with Crippen molar-refractivity contribution in [3.05, 3.63) is 66.5 Å². The number of carbonyl (C=O) groups is 2. The Morgan fingerprint density at radius 2 is 1.82 bits per heavy atom. The number of nitrogens with zero attached hydrogens (tertiary/aromatic N) is 4. The van der Waals surface area contributed by atoms with Gasteiger partial charge in [0, 0.05) is 53.9 Å². The highest BCUT2D eigenvalue weighted by atomic mass is 16.6. The first kappa shape index (κ1) is 30.3. The normalized spacial score (nSPS) is 19.6. The van der Waals surface area contributed by atoms with Crippen LogP contribution in [0.15, 0.2) is 60.9 Å². The number of anilines is 2. The molecule has 10 nitrogen and oxygen atoms in total. The molecule has 1 saturated heterocycles. The predicted molar refractivity (Wildman–Crippen MR) is 174 cm³/mol. The van der Waals surface area contributed by atoms with Crippen LogP contribution in [0.2, 0.25) is 0 Å². The summed E-state index contributed by atoms with van der Waals surface area (Å²) in [6.45, 7) is 10.9. The molecular formula is C35H40N6O4. The number of rotatable bonds is 7. The van der Waals surface area contributed by atoms with Gasteiger partial charge in [0.25, 0.3) is 0 Å². The van der Waals surface area contributed by atoms with Gasteiger partial charge in [-0.15, -0.1) is 0 Å². The second kappa shape index (κ2) is 12.3. The molecule has 1 saturated carbocycles. The number of piperidine rings is 1. The molecule has 2 aromatic heterocycles. The van der Waals surface area contributed by atoms with E-state index in [4.69, 9.17) is 14.5 Å². The minimum atomic E-state index is -0.546. The number of nitrogens with one attached hydrogen (secondary N) is 2. The molecule has 0 spiro atoms. The highest BCUT2D eigenvalue weighted by Gasteiger charge is 2.39. The number of fused-ring (bicyclic) bond motifs is 1. The summed E-state index contributed by atoms with van der Waals surface area (Å²) in [5, 5.41) is 8.31. The van der Waals surface area contributed by atoms with E-state index in [2.05, 4.69) is 27.5 Å². The molecule has 6 rings (SSSR count). The van der Waals surface area contributed by atoms with E-state index in [0.717, 1.165) is 41.3 Å². The Balaban J connectivity index is 1.23. The molecular weight excluding hydrogens is 568 g/mol. The van der Waals surface area contributed by atoms with Gasteiger partial charge in [-0.1, -0.05) is 31.2 Å². The Hall–Kier alpha value is -4.73. The van der Waals surface area contributed by atoms with Gasteiger partial charge in [-0.3, -0.25) is 4.79 Å². The first-order chi connectivity index (χ1) is 21.6. The van der Waals surface area contributed by atoms with Gasteiger partial charge in [-0.05, 0) is 82.7 Å². The van der Waals surface area contributed by atoms with Gasteiger partial charge in [-0.25, -0.2) is 19.7 Å². The van der Waals surface area contributed by atoms with Gasteiger partial charge in [0.05, 0.1) is 11.3 Å². The number of likely N-dealkylation sites (tertiary alicyclic amines) is 1. The largest absolute Gasteiger partial charge is 0.444 e. The maximum absolute atomic E-state index is 12.7. The number of aryl methyl sites for hydroxylation is 1. The SMILES string of the molecule is Cc1ccc2c(NC(=O)C3CC3C)cccc2c1Oc1ncccc1-c1ccnc(N[C@H]2CCCN(C(=O)OC(C)(C)C)C2)n1. The number of amides is 2. The predicted octanol–water partition coefficient (Wildman–Crippen LogP) is 7.20. The Kier molecular flexibility index (Phi) is 8.31. The highest BCUT2D eigenvalue weighted by molar-refractivity contribution is 6.05. The molecule has 2 N–H and O–H groups in total. The molecule has 1 aliphatic heterocycles. The van der Waals surface area contributed by atoms with Crippen LogP contribution in [0.3, 0.4) is 0 Å². The van der Waals surface area contributed by atoms with Gasteiger partial charge in [0.15, 0.2) is 0 Å². The Morgan fingerprint density at radius 3 is 2.60 bits per heavy atom. The number of carbonyl (C=O) groups excluding carboxylic acids is 2. The van der Waals surface area contributed by atoms with E-state index in [9.17, 15) is 9.59 Å². The lowest BCUT2D eigenvalue weighted by Crippen LogP contribution is -2.47. The molecule has 2 unspecified atom stereocenters. The fourth-order valence-electron chi connectivity index (χ4n) is 5.71. The average Bonchev–Trinajstić information content (AvgIpc) is 3.75. The summed E-state index contributed by atoms with van der Waals surface area (Å²) in [4.78, 5) is 41.0. The second-order valence-corrected chi connectivity index (χ2v) is 13.1. The molecule has 0 radical (unpaired) electrons. The van der Waals surface area contributed by atoms with Gasteiger partial charge >= 0.3 is 6.09 Å². The molecule has 3 heterocycles. The minimum absolute atomic E-state index is 0.0118. The summed E-state index contributed by atoms with van der Waals surface area (Å²) in [6, 6.07) is 15.4. The van der Waals surface area contributed by atoms with Crippen LogP contribution in [0.25, 0.3) is 22.0 Å². The third-order valence-corrected chi connectivity index (χ3v) is 8.22. The first-order valence-corrected chi connectivity index (χ1v) is 15.6. The minimum Gasteiger partial charge on any atom is -0.444 e. The molecule has 2 fully saturated rings. The van der Waals surface area contributed by atoms with E-state index in [0.29, 0.717) is 47.8 Å².